The third-order valence-corrected chi connectivity index (χ3v) is 4.46. The van der Waals surface area contributed by atoms with Gasteiger partial charge in [-0.15, -0.1) is 0 Å². The molecule has 0 spiro atoms. The Morgan fingerprint density at radius 3 is 2.34 bits per heavy atom. The molecule has 0 fully saturated rings. The second-order valence-electron chi connectivity index (χ2n) is 6.68. The number of aliphatic hydroxyl groups excluding tert-OH is 2. The van der Waals surface area contributed by atoms with E-state index < -0.39 is 35.9 Å². The highest BCUT2D eigenvalue weighted by molar-refractivity contribution is 5.91. The predicted molar refractivity (Wildman–Crippen MR) is 106 cm³/mol. The lowest BCUT2D eigenvalue weighted by Crippen LogP contribution is -2.15. The standard InChI is InChI=1S/C22H16F3N3O4/c23-22(24,25)17-9-16(6-3-13(17)10-26)32-15-4-1-12(2-5-15)18-7-14(20(30)11-29)8-19(28-18)21(27)31/h1-9,20,29-30H,11H2,(H2,27,31)/t20-/m0/s1. The topological polar surface area (TPSA) is 129 Å². The molecule has 32 heavy (non-hydrogen) atoms. The molecule has 10 heteroatoms. The second-order valence-corrected chi connectivity index (χ2v) is 6.68. The Labute approximate surface area is 180 Å². The Kier molecular flexibility index (Phi) is 6.43. The zero-order valence-electron chi connectivity index (χ0n) is 16.3. The number of alkyl halides is 3. The van der Waals surface area contributed by atoms with E-state index in [9.17, 15) is 23.1 Å². The molecule has 0 unspecified atom stereocenters. The highest BCUT2D eigenvalue weighted by Crippen LogP contribution is 2.35. The second kappa shape index (κ2) is 9.05. The monoisotopic (exact) mass is 443 g/mol. The number of ether oxygens (including phenoxy) is 1. The lowest BCUT2D eigenvalue weighted by atomic mass is 10.0. The van der Waals surface area contributed by atoms with E-state index in [-0.39, 0.29) is 28.5 Å². The summed E-state index contributed by atoms with van der Waals surface area (Å²) in [6, 6.07) is 13.3. The molecule has 0 saturated carbocycles. The molecule has 1 atom stereocenters. The van der Waals surface area contributed by atoms with Crippen LogP contribution in [0.2, 0.25) is 0 Å². The van der Waals surface area contributed by atoms with Gasteiger partial charge in [-0.05, 0) is 60.2 Å². The maximum Gasteiger partial charge on any atom is 0.417 e. The number of carbonyl (C=O) groups excluding carboxylic acids is 1. The summed E-state index contributed by atoms with van der Waals surface area (Å²) in [7, 11) is 0. The van der Waals surface area contributed by atoms with Gasteiger partial charge in [0.1, 0.15) is 23.3 Å². The quantitative estimate of drug-likeness (QED) is 0.534. The van der Waals surface area contributed by atoms with Crippen LogP contribution < -0.4 is 10.5 Å². The van der Waals surface area contributed by atoms with E-state index in [1.807, 2.05) is 0 Å². The van der Waals surface area contributed by atoms with Crippen LogP contribution in [0.25, 0.3) is 11.3 Å². The number of amides is 1. The Morgan fingerprint density at radius 1 is 1.12 bits per heavy atom. The zero-order valence-corrected chi connectivity index (χ0v) is 16.3. The van der Waals surface area contributed by atoms with E-state index in [0.29, 0.717) is 5.56 Å². The van der Waals surface area contributed by atoms with Gasteiger partial charge in [0.15, 0.2) is 0 Å². The first-order valence-corrected chi connectivity index (χ1v) is 9.12. The van der Waals surface area contributed by atoms with Gasteiger partial charge in [-0.2, -0.15) is 18.4 Å². The van der Waals surface area contributed by atoms with Gasteiger partial charge >= 0.3 is 6.18 Å². The summed E-state index contributed by atoms with van der Waals surface area (Å²) in [4.78, 5) is 15.7. The average molecular weight is 443 g/mol. The molecule has 0 aliphatic rings. The molecule has 7 nitrogen and oxygen atoms in total. The Balaban J connectivity index is 1.90. The molecule has 1 heterocycles. The fourth-order valence-electron chi connectivity index (χ4n) is 2.87. The summed E-state index contributed by atoms with van der Waals surface area (Å²) in [5, 5.41) is 27.9. The molecule has 3 aromatic rings. The maximum absolute atomic E-state index is 13.1. The molecule has 164 valence electrons. The van der Waals surface area contributed by atoms with E-state index in [1.54, 1.807) is 12.1 Å². The van der Waals surface area contributed by atoms with Crippen molar-refractivity contribution >= 4 is 5.91 Å². The van der Waals surface area contributed by atoms with Crippen LogP contribution in [-0.4, -0.2) is 27.7 Å². The molecular formula is C22H16F3N3O4. The van der Waals surface area contributed by atoms with Crippen molar-refractivity contribution in [3.63, 3.8) is 0 Å². The minimum Gasteiger partial charge on any atom is -0.457 e. The van der Waals surface area contributed by atoms with Crippen molar-refractivity contribution in [1.29, 1.82) is 5.26 Å². The van der Waals surface area contributed by atoms with Crippen LogP contribution in [0.1, 0.15) is 33.3 Å². The van der Waals surface area contributed by atoms with Crippen molar-refractivity contribution in [3.05, 3.63) is 77.0 Å². The summed E-state index contributed by atoms with van der Waals surface area (Å²) in [5.41, 5.74) is 4.58. The van der Waals surface area contributed by atoms with E-state index >= 15 is 0 Å². The highest BCUT2D eigenvalue weighted by Gasteiger charge is 2.34. The molecule has 0 saturated heterocycles. The normalized spacial score (nSPS) is 12.1. The average Bonchev–Trinajstić information content (AvgIpc) is 2.78. The predicted octanol–water partition coefficient (Wildman–Crippen LogP) is 3.56. The summed E-state index contributed by atoms with van der Waals surface area (Å²) in [5.74, 6) is -0.709. The minimum absolute atomic E-state index is 0.105. The third-order valence-electron chi connectivity index (χ3n) is 4.46. The maximum atomic E-state index is 13.1. The Bertz CT molecular complexity index is 1190. The molecule has 4 N–H and O–H groups in total. The summed E-state index contributed by atoms with van der Waals surface area (Å²) < 4.78 is 44.8. The molecule has 3 rings (SSSR count). The van der Waals surface area contributed by atoms with Gasteiger partial charge in [-0.1, -0.05) is 0 Å². The fourth-order valence-corrected chi connectivity index (χ4v) is 2.87. The summed E-state index contributed by atoms with van der Waals surface area (Å²) in [6.07, 6.45) is -5.95. The number of hydrogen-bond acceptors (Lipinski definition) is 6. The van der Waals surface area contributed by atoms with Crippen LogP contribution in [0, 0.1) is 11.3 Å². The lowest BCUT2D eigenvalue weighted by Gasteiger charge is -2.13. The third kappa shape index (κ3) is 5.03. The van der Waals surface area contributed by atoms with Gasteiger partial charge < -0.3 is 20.7 Å². The molecular weight excluding hydrogens is 427 g/mol. The number of nitriles is 1. The van der Waals surface area contributed by atoms with E-state index in [4.69, 9.17) is 20.8 Å². The molecule has 1 aromatic heterocycles. The minimum atomic E-state index is -4.71. The van der Waals surface area contributed by atoms with Gasteiger partial charge in [-0.25, -0.2) is 4.98 Å². The Hall–Kier alpha value is -3.94. The van der Waals surface area contributed by atoms with E-state index in [2.05, 4.69) is 4.98 Å². The van der Waals surface area contributed by atoms with Crippen molar-refractivity contribution in [2.24, 2.45) is 5.73 Å². The molecule has 0 aliphatic heterocycles. The van der Waals surface area contributed by atoms with Gasteiger partial charge in [0.05, 0.1) is 29.5 Å². The first-order valence-electron chi connectivity index (χ1n) is 9.12. The van der Waals surface area contributed by atoms with E-state index in [1.165, 1.54) is 36.4 Å². The number of nitrogens with two attached hydrogens (primary N) is 1. The van der Waals surface area contributed by atoms with Crippen LogP contribution >= 0.6 is 0 Å². The zero-order chi connectivity index (χ0) is 23.5. The van der Waals surface area contributed by atoms with Crippen molar-refractivity contribution in [1.82, 2.24) is 4.98 Å². The molecule has 2 aromatic carbocycles. The highest BCUT2D eigenvalue weighted by atomic mass is 19.4. The number of aliphatic hydroxyl groups is 2. The van der Waals surface area contributed by atoms with Crippen molar-refractivity contribution in [2.75, 3.05) is 6.61 Å². The van der Waals surface area contributed by atoms with Gasteiger partial charge in [0, 0.05) is 5.56 Å². The van der Waals surface area contributed by atoms with Crippen LogP contribution in [0.4, 0.5) is 13.2 Å². The van der Waals surface area contributed by atoms with Crippen LogP contribution in [0.5, 0.6) is 11.5 Å². The first kappa shape index (κ1) is 22.7. The number of carbonyl (C=O) groups is 1. The first-order chi connectivity index (χ1) is 15.1. The van der Waals surface area contributed by atoms with E-state index in [0.717, 1.165) is 12.1 Å². The van der Waals surface area contributed by atoms with Gasteiger partial charge in [0.25, 0.3) is 5.91 Å². The largest absolute Gasteiger partial charge is 0.457 e. The van der Waals surface area contributed by atoms with Crippen LogP contribution in [0.15, 0.2) is 54.6 Å². The summed E-state index contributed by atoms with van der Waals surface area (Å²) in [6.45, 7) is -0.570. The number of benzene rings is 2. The van der Waals surface area contributed by atoms with Gasteiger partial charge in [-0.3, -0.25) is 4.79 Å². The number of rotatable bonds is 6. The molecule has 0 bridgehead atoms. The smallest absolute Gasteiger partial charge is 0.417 e. The molecule has 0 aliphatic carbocycles. The van der Waals surface area contributed by atoms with Crippen molar-refractivity contribution in [3.8, 4) is 28.8 Å². The van der Waals surface area contributed by atoms with Crippen LogP contribution in [-0.2, 0) is 6.18 Å². The Morgan fingerprint density at radius 2 is 1.78 bits per heavy atom. The van der Waals surface area contributed by atoms with Gasteiger partial charge in [0.2, 0.25) is 0 Å². The number of halogens is 3. The number of aromatic nitrogens is 1. The number of primary amides is 1. The van der Waals surface area contributed by atoms with Crippen molar-refractivity contribution in [2.45, 2.75) is 12.3 Å². The number of nitrogens with zero attached hydrogens (tertiary/aromatic N) is 2. The van der Waals surface area contributed by atoms with Crippen molar-refractivity contribution < 1.29 is 32.9 Å². The SMILES string of the molecule is N#Cc1ccc(Oc2ccc(-c3cc([C@@H](O)CO)cc(C(N)=O)n3)cc2)cc1C(F)(F)F. The number of hydrogen-bond donors (Lipinski definition) is 3. The fraction of sp³-hybridized carbons (Fsp3) is 0.136. The lowest BCUT2D eigenvalue weighted by molar-refractivity contribution is -0.137. The molecule has 1 amide bonds. The molecule has 0 radical (unpaired) electrons. The summed E-state index contributed by atoms with van der Waals surface area (Å²) >= 11 is 0. The van der Waals surface area contributed by atoms with Crippen LogP contribution in [0.3, 0.4) is 0 Å². The number of pyridine rings is 1.